The van der Waals surface area contributed by atoms with Crippen molar-refractivity contribution in [3.63, 3.8) is 0 Å². The Balaban J connectivity index is 2.93. The fraction of sp³-hybridized carbons (Fsp3) is 0.545. The Kier molecular flexibility index (Phi) is 3.91. The van der Waals surface area contributed by atoms with Crippen LogP contribution in [0.5, 0.6) is 0 Å². The van der Waals surface area contributed by atoms with Crippen molar-refractivity contribution >= 4 is 5.97 Å². The lowest BCUT2D eigenvalue weighted by atomic mass is 10.2. The van der Waals surface area contributed by atoms with Crippen LogP contribution in [0.15, 0.2) is 12.3 Å². The summed E-state index contributed by atoms with van der Waals surface area (Å²) in [5.74, 6) is -0.307. The topological polar surface area (TPSA) is 51.5 Å². The minimum atomic E-state index is -0.307. The van der Waals surface area contributed by atoms with Gasteiger partial charge in [-0.1, -0.05) is 0 Å². The Morgan fingerprint density at radius 1 is 1.67 bits per heavy atom. The van der Waals surface area contributed by atoms with E-state index in [0.717, 1.165) is 5.69 Å². The van der Waals surface area contributed by atoms with Gasteiger partial charge in [-0.3, -0.25) is 0 Å². The third-order valence-electron chi connectivity index (χ3n) is 2.41. The molecule has 0 aliphatic rings. The van der Waals surface area contributed by atoms with Crippen molar-refractivity contribution in [1.82, 2.24) is 4.57 Å². The number of aromatic nitrogens is 1. The summed E-state index contributed by atoms with van der Waals surface area (Å²) in [6, 6.07) is 1.70. The summed E-state index contributed by atoms with van der Waals surface area (Å²) in [6.07, 6.45) is 1.79. The van der Waals surface area contributed by atoms with E-state index in [1.807, 2.05) is 18.4 Å². The van der Waals surface area contributed by atoms with Gasteiger partial charge in [0, 0.05) is 11.9 Å². The molecule has 0 saturated carbocycles. The first-order valence-electron chi connectivity index (χ1n) is 5.07. The fourth-order valence-corrected chi connectivity index (χ4v) is 1.52. The minimum absolute atomic E-state index is 0.0202. The van der Waals surface area contributed by atoms with Gasteiger partial charge in [-0.2, -0.15) is 0 Å². The monoisotopic (exact) mass is 211 g/mol. The van der Waals surface area contributed by atoms with Crippen LogP contribution in [-0.2, 0) is 4.74 Å². The van der Waals surface area contributed by atoms with E-state index in [0.29, 0.717) is 12.2 Å². The minimum Gasteiger partial charge on any atom is -0.462 e. The highest BCUT2D eigenvalue weighted by molar-refractivity contribution is 5.90. The highest BCUT2D eigenvalue weighted by Gasteiger charge is 2.15. The van der Waals surface area contributed by atoms with Gasteiger partial charge >= 0.3 is 5.97 Å². The zero-order valence-corrected chi connectivity index (χ0v) is 9.36. The molecule has 1 heterocycles. The molecule has 0 spiro atoms. The molecule has 4 heteroatoms. The van der Waals surface area contributed by atoms with Gasteiger partial charge < -0.3 is 14.4 Å². The molecule has 1 atom stereocenters. The van der Waals surface area contributed by atoms with Gasteiger partial charge in [0.2, 0.25) is 0 Å². The molecule has 84 valence electrons. The van der Waals surface area contributed by atoms with Crippen LogP contribution >= 0.6 is 0 Å². The Morgan fingerprint density at radius 2 is 2.33 bits per heavy atom. The van der Waals surface area contributed by atoms with E-state index in [1.165, 1.54) is 0 Å². The zero-order chi connectivity index (χ0) is 11.4. The fourth-order valence-electron chi connectivity index (χ4n) is 1.52. The number of ether oxygens (including phenoxy) is 1. The second-order valence-electron chi connectivity index (χ2n) is 3.47. The molecule has 0 amide bonds. The summed E-state index contributed by atoms with van der Waals surface area (Å²) in [6.45, 7) is 5.94. The molecule has 0 aliphatic heterocycles. The first-order valence-corrected chi connectivity index (χ1v) is 5.07. The summed E-state index contributed by atoms with van der Waals surface area (Å²) in [7, 11) is 0. The van der Waals surface area contributed by atoms with E-state index >= 15 is 0 Å². The number of carbonyl (C=O) groups excluding carboxylic acids is 1. The van der Waals surface area contributed by atoms with Crippen molar-refractivity contribution in [3.8, 4) is 0 Å². The van der Waals surface area contributed by atoms with Crippen LogP contribution in [0.25, 0.3) is 0 Å². The summed E-state index contributed by atoms with van der Waals surface area (Å²) in [4.78, 5) is 11.5. The lowest BCUT2D eigenvalue weighted by molar-refractivity contribution is 0.0525. The van der Waals surface area contributed by atoms with E-state index in [4.69, 9.17) is 9.84 Å². The molecule has 1 N–H and O–H groups in total. The quantitative estimate of drug-likeness (QED) is 0.768. The average molecular weight is 211 g/mol. The molecular weight excluding hydrogens is 194 g/mol. The number of aliphatic hydroxyl groups excluding tert-OH is 1. The second kappa shape index (κ2) is 4.98. The largest absolute Gasteiger partial charge is 0.462 e. The third-order valence-corrected chi connectivity index (χ3v) is 2.41. The van der Waals surface area contributed by atoms with Gasteiger partial charge in [-0.25, -0.2) is 4.79 Å². The van der Waals surface area contributed by atoms with E-state index in [-0.39, 0.29) is 18.6 Å². The van der Waals surface area contributed by atoms with Crippen molar-refractivity contribution < 1.29 is 14.6 Å². The van der Waals surface area contributed by atoms with Crippen LogP contribution in [-0.4, -0.2) is 28.9 Å². The van der Waals surface area contributed by atoms with Crippen LogP contribution < -0.4 is 0 Å². The molecule has 15 heavy (non-hydrogen) atoms. The Morgan fingerprint density at radius 3 is 2.87 bits per heavy atom. The first-order chi connectivity index (χ1) is 7.11. The molecule has 0 saturated heterocycles. The molecular formula is C11H17NO3. The van der Waals surface area contributed by atoms with E-state index < -0.39 is 0 Å². The van der Waals surface area contributed by atoms with Crippen LogP contribution in [0.4, 0.5) is 0 Å². The summed E-state index contributed by atoms with van der Waals surface area (Å²) in [5.41, 5.74) is 1.40. The summed E-state index contributed by atoms with van der Waals surface area (Å²) >= 11 is 0. The highest BCUT2D eigenvalue weighted by atomic mass is 16.5. The van der Waals surface area contributed by atoms with Crippen LogP contribution in [0.3, 0.4) is 0 Å². The molecule has 0 radical (unpaired) electrons. The Bertz CT molecular complexity index is 344. The molecule has 1 aromatic rings. The van der Waals surface area contributed by atoms with Crippen molar-refractivity contribution in [2.24, 2.45) is 0 Å². The average Bonchev–Trinajstić information content (AvgIpc) is 2.59. The molecule has 0 unspecified atom stereocenters. The van der Waals surface area contributed by atoms with Crippen molar-refractivity contribution in [1.29, 1.82) is 0 Å². The summed E-state index contributed by atoms with van der Waals surface area (Å²) in [5, 5.41) is 9.03. The molecule has 0 aliphatic carbocycles. The third kappa shape index (κ3) is 2.39. The van der Waals surface area contributed by atoms with Crippen molar-refractivity contribution in [3.05, 3.63) is 23.5 Å². The maximum absolute atomic E-state index is 11.5. The van der Waals surface area contributed by atoms with Gasteiger partial charge in [0.1, 0.15) is 0 Å². The number of esters is 1. The number of aliphatic hydroxyl groups is 1. The number of hydrogen-bond donors (Lipinski definition) is 1. The van der Waals surface area contributed by atoms with Crippen molar-refractivity contribution in [2.45, 2.75) is 26.8 Å². The maximum Gasteiger partial charge on any atom is 0.339 e. The number of rotatable bonds is 4. The van der Waals surface area contributed by atoms with Gasteiger partial charge in [0.05, 0.1) is 24.8 Å². The van der Waals surface area contributed by atoms with Gasteiger partial charge in [-0.15, -0.1) is 0 Å². The van der Waals surface area contributed by atoms with Gasteiger partial charge in [-0.05, 0) is 26.8 Å². The van der Waals surface area contributed by atoms with Gasteiger partial charge in [0.25, 0.3) is 0 Å². The van der Waals surface area contributed by atoms with Crippen LogP contribution in [0, 0.1) is 6.92 Å². The molecule has 1 aromatic heterocycles. The van der Waals surface area contributed by atoms with Crippen molar-refractivity contribution in [2.75, 3.05) is 13.2 Å². The molecule has 0 bridgehead atoms. The molecule has 4 nitrogen and oxygen atoms in total. The second-order valence-corrected chi connectivity index (χ2v) is 3.47. The lowest BCUT2D eigenvalue weighted by Gasteiger charge is -2.13. The number of carbonyl (C=O) groups is 1. The van der Waals surface area contributed by atoms with Gasteiger partial charge in [0.15, 0.2) is 0 Å². The lowest BCUT2D eigenvalue weighted by Crippen LogP contribution is -2.12. The maximum atomic E-state index is 11.5. The smallest absolute Gasteiger partial charge is 0.339 e. The number of nitrogens with zero attached hydrogens (tertiary/aromatic N) is 1. The molecule has 1 rings (SSSR count). The first kappa shape index (κ1) is 11.8. The molecule has 0 fully saturated rings. The SMILES string of the molecule is CCOC(=O)c1ccn([C@H](C)CO)c1C. The number of hydrogen-bond acceptors (Lipinski definition) is 3. The Labute approximate surface area is 89.5 Å². The zero-order valence-electron chi connectivity index (χ0n) is 9.36. The normalized spacial score (nSPS) is 12.5. The predicted octanol–water partition coefficient (Wildman–Crippen LogP) is 1.53. The van der Waals surface area contributed by atoms with E-state index in [2.05, 4.69) is 0 Å². The standard InChI is InChI=1S/C11H17NO3/c1-4-15-11(14)10-5-6-12(9(10)3)8(2)7-13/h5-6,8,13H,4,7H2,1-3H3/t8-/m1/s1. The van der Waals surface area contributed by atoms with E-state index in [9.17, 15) is 4.79 Å². The van der Waals surface area contributed by atoms with Crippen LogP contribution in [0.2, 0.25) is 0 Å². The Hall–Kier alpha value is -1.29. The van der Waals surface area contributed by atoms with Crippen LogP contribution in [0.1, 0.15) is 35.9 Å². The molecule has 0 aromatic carbocycles. The predicted molar refractivity (Wildman–Crippen MR) is 56.9 cm³/mol. The van der Waals surface area contributed by atoms with E-state index in [1.54, 1.807) is 19.2 Å². The summed E-state index contributed by atoms with van der Waals surface area (Å²) < 4.78 is 6.79. The highest BCUT2D eigenvalue weighted by Crippen LogP contribution is 2.16.